The van der Waals surface area contributed by atoms with Crippen molar-refractivity contribution in [2.75, 3.05) is 6.54 Å². The molecule has 1 aromatic carbocycles. The summed E-state index contributed by atoms with van der Waals surface area (Å²) in [5.74, 6) is 0.347. The molecule has 2 heteroatoms. The third-order valence-electron chi connectivity index (χ3n) is 3.07. The van der Waals surface area contributed by atoms with Crippen LogP contribution < -0.4 is 5.32 Å². The molecule has 0 amide bonds. The molecule has 2 unspecified atom stereocenters. The monoisotopic (exact) mass is 223 g/mol. The lowest BCUT2D eigenvalue weighted by Gasteiger charge is -2.25. The maximum atomic E-state index is 13.7. The average Bonchev–Trinajstić information content (AvgIpc) is 2.31. The Hall–Kier alpha value is -0.890. The molecule has 0 aromatic heterocycles. The molecule has 0 aliphatic carbocycles. The van der Waals surface area contributed by atoms with Gasteiger partial charge in [0.1, 0.15) is 5.82 Å². The second-order valence-electron chi connectivity index (χ2n) is 4.34. The van der Waals surface area contributed by atoms with Crippen LogP contribution in [0.3, 0.4) is 0 Å². The Kier molecular flexibility index (Phi) is 5.47. The summed E-state index contributed by atoms with van der Waals surface area (Å²) < 4.78 is 13.7. The summed E-state index contributed by atoms with van der Waals surface area (Å²) in [7, 11) is 0. The van der Waals surface area contributed by atoms with Crippen molar-refractivity contribution in [2.24, 2.45) is 5.92 Å². The fourth-order valence-corrected chi connectivity index (χ4v) is 1.88. The van der Waals surface area contributed by atoms with Gasteiger partial charge in [-0.15, -0.1) is 0 Å². The van der Waals surface area contributed by atoms with Crippen LogP contribution in [0.4, 0.5) is 4.39 Å². The molecule has 2 atom stereocenters. The largest absolute Gasteiger partial charge is 0.310 e. The van der Waals surface area contributed by atoms with E-state index in [0.717, 1.165) is 24.9 Å². The molecule has 0 spiro atoms. The lowest BCUT2D eigenvalue weighted by atomic mass is 9.92. The molecule has 1 rings (SSSR count). The summed E-state index contributed by atoms with van der Waals surface area (Å²) in [6.07, 6.45) is 2.12. The Morgan fingerprint density at radius 3 is 2.50 bits per heavy atom. The molecule has 1 N–H and O–H groups in total. The number of halogens is 1. The molecule has 0 saturated heterocycles. The van der Waals surface area contributed by atoms with Gasteiger partial charge in [0.15, 0.2) is 0 Å². The van der Waals surface area contributed by atoms with Gasteiger partial charge < -0.3 is 5.32 Å². The third-order valence-corrected chi connectivity index (χ3v) is 3.07. The van der Waals surface area contributed by atoms with Crippen molar-refractivity contribution in [1.82, 2.24) is 5.32 Å². The van der Waals surface area contributed by atoms with Crippen LogP contribution in [0.15, 0.2) is 24.3 Å². The van der Waals surface area contributed by atoms with Crippen LogP contribution in [0.1, 0.15) is 45.2 Å². The topological polar surface area (TPSA) is 12.0 Å². The molecule has 16 heavy (non-hydrogen) atoms. The van der Waals surface area contributed by atoms with Crippen LogP contribution in [0.25, 0.3) is 0 Å². The second-order valence-corrected chi connectivity index (χ2v) is 4.34. The van der Waals surface area contributed by atoms with Gasteiger partial charge in [-0.2, -0.15) is 0 Å². The maximum Gasteiger partial charge on any atom is 0.127 e. The Bertz CT molecular complexity index is 311. The van der Waals surface area contributed by atoms with Gasteiger partial charge in [0.05, 0.1) is 0 Å². The summed E-state index contributed by atoms with van der Waals surface area (Å²) >= 11 is 0. The van der Waals surface area contributed by atoms with E-state index in [1.165, 1.54) is 0 Å². The summed E-state index contributed by atoms with van der Waals surface area (Å²) in [4.78, 5) is 0. The van der Waals surface area contributed by atoms with Gasteiger partial charge in [0.25, 0.3) is 0 Å². The van der Waals surface area contributed by atoms with E-state index in [9.17, 15) is 4.39 Å². The van der Waals surface area contributed by atoms with Gasteiger partial charge in [0, 0.05) is 11.6 Å². The fourth-order valence-electron chi connectivity index (χ4n) is 1.88. The first-order valence-corrected chi connectivity index (χ1v) is 6.18. The molecule has 0 fully saturated rings. The van der Waals surface area contributed by atoms with Crippen LogP contribution in [0.5, 0.6) is 0 Å². The number of benzene rings is 1. The zero-order chi connectivity index (χ0) is 12.0. The van der Waals surface area contributed by atoms with Crippen molar-refractivity contribution in [2.45, 2.75) is 39.7 Å². The maximum absolute atomic E-state index is 13.7. The Labute approximate surface area is 98.1 Å². The highest BCUT2D eigenvalue weighted by Crippen LogP contribution is 2.26. The van der Waals surface area contributed by atoms with Crippen molar-refractivity contribution >= 4 is 0 Å². The Morgan fingerprint density at radius 1 is 1.25 bits per heavy atom. The first-order chi connectivity index (χ1) is 7.70. The number of rotatable bonds is 6. The fraction of sp³-hybridized carbons (Fsp3) is 0.571. The zero-order valence-corrected chi connectivity index (χ0v) is 10.5. The predicted molar refractivity (Wildman–Crippen MR) is 66.9 cm³/mol. The van der Waals surface area contributed by atoms with Crippen molar-refractivity contribution in [1.29, 1.82) is 0 Å². The predicted octanol–water partition coefficient (Wildman–Crippen LogP) is 3.91. The van der Waals surface area contributed by atoms with E-state index in [0.29, 0.717) is 5.92 Å². The molecule has 0 aliphatic heterocycles. The smallest absolute Gasteiger partial charge is 0.127 e. The van der Waals surface area contributed by atoms with Gasteiger partial charge in [-0.05, 0) is 24.9 Å². The molecule has 0 heterocycles. The summed E-state index contributed by atoms with van der Waals surface area (Å²) in [5, 5.41) is 3.44. The van der Waals surface area contributed by atoms with E-state index in [-0.39, 0.29) is 11.9 Å². The average molecular weight is 223 g/mol. The minimum Gasteiger partial charge on any atom is -0.310 e. The minimum atomic E-state index is -0.101. The van der Waals surface area contributed by atoms with Crippen molar-refractivity contribution in [3.05, 3.63) is 35.6 Å². The quantitative estimate of drug-likeness (QED) is 0.771. The molecule has 0 aliphatic rings. The molecule has 1 nitrogen and oxygen atoms in total. The molecule has 90 valence electrons. The second kappa shape index (κ2) is 6.64. The summed E-state index contributed by atoms with van der Waals surface area (Å²) in [5.41, 5.74) is 0.797. The van der Waals surface area contributed by atoms with Gasteiger partial charge in [-0.25, -0.2) is 4.39 Å². The van der Waals surface area contributed by atoms with Crippen LogP contribution in [-0.2, 0) is 0 Å². The summed E-state index contributed by atoms with van der Waals surface area (Å²) in [6.45, 7) is 7.37. The highest BCUT2D eigenvalue weighted by molar-refractivity contribution is 5.21. The first-order valence-electron chi connectivity index (χ1n) is 6.18. The molecule has 0 saturated carbocycles. The number of hydrogen-bond donors (Lipinski definition) is 1. The van der Waals surface area contributed by atoms with E-state index >= 15 is 0 Å². The minimum absolute atomic E-state index is 0.101. The van der Waals surface area contributed by atoms with Crippen molar-refractivity contribution in [3.8, 4) is 0 Å². The standard InChI is InChI=1S/C14H22FN/c1-4-10-16-14(11(3)5-2)12-8-6-7-9-13(12)15/h6-9,11,14,16H,4-5,10H2,1-3H3. The zero-order valence-electron chi connectivity index (χ0n) is 10.5. The highest BCUT2D eigenvalue weighted by atomic mass is 19.1. The summed E-state index contributed by atoms with van der Waals surface area (Å²) in [6, 6.07) is 7.20. The van der Waals surface area contributed by atoms with E-state index in [1.54, 1.807) is 12.1 Å². The van der Waals surface area contributed by atoms with E-state index in [2.05, 4.69) is 26.1 Å². The SMILES string of the molecule is CCCNC(c1ccccc1F)C(C)CC. The number of nitrogens with one attached hydrogen (secondary N) is 1. The first kappa shape index (κ1) is 13.2. The Balaban J connectivity index is 2.87. The lowest BCUT2D eigenvalue weighted by molar-refractivity contribution is 0.366. The molecule has 0 radical (unpaired) electrons. The van der Waals surface area contributed by atoms with Crippen LogP contribution >= 0.6 is 0 Å². The van der Waals surface area contributed by atoms with E-state index < -0.39 is 0 Å². The van der Waals surface area contributed by atoms with Gasteiger partial charge >= 0.3 is 0 Å². The Morgan fingerprint density at radius 2 is 1.94 bits per heavy atom. The van der Waals surface area contributed by atoms with Gasteiger partial charge in [-0.3, -0.25) is 0 Å². The van der Waals surface area contributed by atoms with Crippen LogP contribution in [-0.4, -0.2) is 6.54 Å². The van der Waals surface area contributed by atoms with Crippen LogP contribution in [0, 0.1) is 11.7 Å². The van der Waals surface area contributed by atoms with E-state index in [4.69, 9.17) is 0 Å². The van der Waals surface area contributed by atoms with Crippen molar-refractivity contribution in [3.63, 3.8) is 0 Å². The number of hydrogen-bond acceptors (Lipinski definition) is 1. The molecular formula is C14H22FN. The molecule has 1 aromatic rings. The van der Waals surface area contributed by atoms with Crippen LogP contribution in [0.2, 0.25) is 0 Å². The lowest BCUT2D eigenvalue weighted by Crippen LogP contribution is -2.28. The van der Waals surface area contributed by atoms with E-state index in [1.807, 2.05) is 12.1 Å². The molecular weight excluding hydrogens is 201 g/mol. The van der Waals surface area contributed by atoms with Gasteiger partial charge in [0.2, 0.25) is 0 Å². The van der Waals surface area contributed by atoms with Crippen molar-refractivity contribution < 1.29 is 4.39 Å². The normalized spacial score (nSPS) is 14.8. The molecule has 0 bridgehead atoms. The van der Waals surface area contributed by atoms with Gasteiger partial charge in [-0.1, -0.05) is 45.4 Å². The highest BCUT2D eigenvalue weighted by Gasteiger charge is 2.19. The third kappa shape index (κ3) is 3.31.